The van der Waals surface area contributed by atoms with Gasteiger partial charge < -0.3 is 5.32 Å². The van der Waals surface area contributed by atoms with Gasteiger partial charge in [-0.3, -0.25) is 25.2 Å². The third-order valence-electron chi connectivity index (χ3n) is 3.51. The molecular formula is C17H14ClN3O3S. The molecule has 3 amide bonds. The summed E-state index contributed by atoms with van der Waals surface area (Å²) in [6.45, 7) is 0. The molecule has 6 nitrogen and oxygen atoms in total. The Morgan fingerprint density at radius 1 is 1.08 bits per heavy atom. The molecule has 1 heterocycles. The molecule has 25 heavy (non-hydrogen) atoms. The highest BCUT2D eigenvalue weighted by atomic mass is 35.5. The summed E-state index contributed by atoms with van der Waals surface area (Å²) in [5.74, 6) is -1.23. The first-order valence-corrected chi connectivity index (χ1v) is 8.70. The van der Waals surface area contributed by atoms with Gasteiger partial charge >= 0.3 is 0 Å². The number of halogens is 1. The largest absolute Gasteiger partial charge is 0.324 e. The van der Waals surface area contributed by atoms with Crippen molar-refractivity contribution in [1.82, 2.24) is 10.9 Å². The first-order chi connectivity index (χ1) is 12.0. The Balaban J connectivity index is 1.56. The average Bonchev–Trinajstić information content (AvgIpc) is 2.61. The van der Waals surface area contributed by atoms with Crippen molar-refractivity contribution in [3.05, 3.63) is 59.1 Å². The highest BCUT2D eigenvalue weighted by Crippen LogP contribution is 2.36. The zero-order valence-electron chi connectivity index (χ0n) is 12.9. The van der Waals surface area contributed by atoms with Gasteiger partial charge in [-0.15, -0.1) is 11.8 Å². The summed E-state index contributed by atoms with van der Waals surface area (Å²) < 4.78 is 0. The van der Waals surface area contributed by atoms with Crippen LogP contribution in [0.4, 0.5) is 5.69 Å². The number of rotatable bonds is 3. The lowest BCUT2D eigenvalue weighted by Gasteiger charge is -2.23. The summed E-state index contributed by atoms with van der Waals surface area (Å²) in [4.78, 5) is 37.0. The van der Waals surface area contributed by atoms with Crippen molar-refractivity contribution < 1.29 is 14.4 Å². The van der Waals surface area contributed by atoms with Gasteiger partial charge in [-0.25, -0.2) is 0 Å². The topological polar surface area (TPSA) is 87.3 Å². The Hall–Kier alpha value is -2.51. The van der Waals surface area contributed by atoms with Gasteiger partial charge in [0.05, 0.1) is 21.5 Å². The number of carbonyl (C=O) groups excluding carboxylic acids is 3. The second kappa shape index (κ2) is 7.58. The van der Waals surface area contributed by atoms with Gasteiger partial charge in [0, 0.05) is 11.3 Å². The van der Waals surface area contributed by atoms with E-state index in [-0.39, 0.29) is 22.9 Å². The number of fused-ring (bicyclic) bond motifs is 1. The van der Waals surface area contributed by atoms with Crippen LogP contribution in [-0.2, 0) is 9.59 Å². The number of hydrazine groups is 1. The summed E-state index contributed by atoms with van der Waals surface area (Å²) >= 11 is 7.25. The molecule has 2 aromatic carbocycles. The van der Waals surface area contributed by atoms with Crippen molar-refractivity contribution in [2.24, 2.45) is 0 Å². The van der Waals surface area contributed by atoms with Crippen LogP contribution >= 0.6 is 23.4 Å². The molecule has 8 heteroatoms. The third-order valence-corrected chi connectivity index (χ3v) is 5.12. The van der Waals surface area contributed by atoms with Crippen LogP contribution in [0.2, 0.25) is 5.02 Å². The molecule has 0 aromatic heterocycles. The molecule has 0 saturated heterocycles. The van der Waals surface area contributed by atoms with Crippen molar-refractivity contribution in [3.8, 4) is 0 Å². The van der Waals surface area contributed by atoms with E-state index in [1.54, 1.807) is 30.3 Å². The Morgan fingerprint density at radius 3 is 2.60 bits per heavy atom. The number of benzene rings is 2. The van der Waals surface area contributed by atoms with Crippen molar-refractivity contribution in [1.29, 1.82) is 0 Å². The minimum absolute atomic E-state index is 0.0619. The van der Waals surface area contributed by atoms with Crippen molar-refractivity contribution in [3.63, 3.8) is 0 Å². The molecule has 1 aliphatic rings. The van der Waals surface area contributed by atoms with E-state index in [4.69, 9.17) is 11.6 Å². The zero-order chi connectivity index (χ0) is 17.8. The average molecular weight is 376 g/mol. The maximum Gasteiger partial charge on any atom is 0.271 e. The van der Waals surface area contributed by atoms with Crippen molar-refractivity contribution in [2.45, 2.75) is 16.6 Å². The van der Waals surface area contributed by atoms with Crippen LogP contribution in [0.3, 0.4) is 0 Å². The molecule has 0 aliphatic carbocycles. The van der Waals surface area contributed by atoms with E-state index in [0.29, 0.717) is 0 Å². The number of para-hydroxylation sites is 1. The SMILES string of the molecule is O=C(CC1Sc2ccccc2NC1=O)NNC(=O)c1ccccc1Cl. The Labute approximate surface area is 153 Å². The summed E-state index contributed by atoms with van der Waals surface area (Å²) in [6, 6.07) is 13.9. The number of thioether (sulfide) groups is 1. The van der Waals surface area contributed by atoms with E-state index in [0.717, 1.165) is 10.6 Å². The predicted molar refractivity (Wildman–Crippen MR) is 96.4 cm³/mol. The summed E-state index contributed by atoms with van der Waals surface area (Å²) in [5.41, 5.74) is 5.60. The molecule has 0 saturated carbocycles. The second-order valence-corrected chi connectivity index (χ2v) is 6.93. The van der Waals surface area contributed by atoms with E-state index in [1.165, 1.54) is 11.8 Å². The van der Waals surface area contributed by atoms with E-state index in [1.807, 2.05) is 18.2 Å². The second-order valence-electron chi connectivity index (χ2n) is 5.28. The Bertz CT molecular complexity index is 843. The smallest absolute Gasteiger partial charge is 0.271 e. The normalized spacial score (nSPS) is 15.7. The quantitative estimate of drug-likeness (QED) is 0.719. The molecule has 2 aromatic rings. The van der Waals surface area contributed by atoms with Gasteiger partial charge in [0.2, 0.25) is 11.8 Å². The van der Waals surface area contributed by atoms with E-state index in [2.05, 4.69) is 16.2 Å². The highest BCUT2D eigenvalue weighted by Gasteiger charge is 2.28. The molecule has 0 spiro atoms. The minimum atomic E-state index is -0.563. The standard InChI is InChI=1S/C17H14ClN3O3S/c18-11-6-2-1-5-10(11)16(23)21-20-15(22)9-14-17(24)19-12-7-3-4-8-13(12)25-14/h1-8,14H,9H2,(H,19,24)(H,20,22)(H,21,23). The molecule has 0 fully saturated rings. The van der Waals surface area contributed by atoms with Crippen LogP contribution in [-0.4, -0.2) is 23.0 Å². The number of amides is 3. The molecular weight excluding hydrogens is 362 g/mol. The van der Waals surface area contributed by atoms with Gasteiger partial charge in [0.1, 0.15) is 0 Å². The Morgan fingerprint density at radius 2 is 1.80 bits per heavy atom. The Kier molecular flexibility index (Phi) is 5.25. The van der Waals surface area contributed by atoms with Crippen LogP contribution < -0.4 is 16.2 Å². The van der Waals surface area contributed by atoms with Gasteiger partial charge in [-0.05, 0) is 24.3 Å². The molecule has 0 bridgehead atoms. The summed E-state index contributed by atoms with van der Waals surface area (Å²) in [6.07, 6.45) is -0.0619. The van der Waals surface area contributed by atoms with Crippen molar-refractivity contribution >= 4 is 46.8 Å². The van der Waals surface area contributed by atoms with Gasteiger partial charge in [0.15, 0.2) is 0 Å². The van der Waals surface area contributed by atoms with E-state index >= 15 is 0 Å². The molecule has 0 radical (unpaired) electrons. The number of nitrogens with one attached hydrogen (secondary N) is 3. The first kappa shape index (κ1) is 17.3. The number of hydrogen-bond acceptors (Lipinski definition) is 4. The van der Waals surface area contributed by atoms with E-state index in [9.17, 15) is 14.4 Å². The van der Waals surface area contributed by atoms with Crippen LogP contribution in [0.25, 0.3) is 0 Å². The lowest BCUT2D eigenvalue weighted by Crippen LogP contribution is -2.44. The molecule has 128 valence electrons. The van der Waals surface area contributed by atoms with Crippen LogP contribution in [0, 0.1) is 0 Å². The maximum atomic E-state index is 12.1. The highest BCUT2D eigenvalue weighted by molar-refractivity contribution is 8.01. The number of hydrogen-bond donors (Lipinski definition) is 3. The molecule has 3 N–H and O–H groups in total. The molecule has 1 atom stereocenters. The molecule has 3 rings (SSSR count). The maximum absolute atomic E-state index is 12.1. The third kappa shape index (κ3) is 4.12. The fraction of sp³-hybridized carbons (Fsp3) is 0.118. The minimum Gasteiger partial charge on any atom is -0.324 e. The monoisotopic (exact) mass is 375 g/mol. The fourth-order valence-electron chi connectivity index (χ4n) is 2.29. The van der Waals surface area contributed by atoms with E-state index < -0.39 is 17.1 Å². The summed E-state index contributed by atoms with van der Waals surface area (Å²) in [7, 11) is 0. The van der Waals surface area contributed by atoms with Gasteiger partial charge in [-0.2, -0.15) is 0 Å². The van der Waals surface area contributed by atoms with Crippen LogP contribution in [0.15, 0.2) is 53.4 Å². The molecule has 1 aliphatic heterocycles. The predicted octanol–water partition coefficient (Wildman–Crippen LogP) is 2.60. The number of carbonyl (C=O) groups is 3. The van der Waals surface area contributed by atoms with Gasteiger partial charge in [-0.1, -0.05) is 35.9 Å². The van der Waals surface area contributed by atoms with Crippen molar-refractivity contribution in [2.75, 3.05) is 5.32 Å². The first-order valence-electron chi connectivity index (χ1n) is 7.45. The lowest BCUT2D eigenvalue weighted by molar-refractivity contribution is -0.124. The fourth-order valence-corrected chi connectivity index (χ4v) is 3.62. The number of anilines is 1. The molecule has 1 unspecified atom stereocenters. The van der Waals surface area contributed by atoms with Gasteiger partial charge in [0.25, 0.3) is 5.91 Å². The summed E-state index contributed by atoms with van der Waals surface area (Å²) in [5, 5.41) is 2.49. The van der Waals surface area contributed by atoms with Crippen LogP contribution in [0.5, 0.6) is 0 Å². The lowest BCUT2D eigenvalue weighted by atomic mass is 10.2. The zero-order valence-corrected chi connectivity index (χ0v) is 14.5. The van der Waals surface area contributed by atoms with Crippen LogP contribution in [0.1, 0.15) is 16.8 Å².